The van der Waals surface area contributed by atoms with Crippen molar-refractivity contribution in [1.29, 1.82) is 0 Å². The van der Waals surface area contributed by atoms with E-state index in [0.717, 1.165) is 0 Å². The van der Waals surface area contributed by atoms with Crippen molar-refractivity contribution in [3.63, 3.8) is 0 Å². The van der Waals surface area contributed by atoms with E-state index in [1.54, 1.807) is 12.1 Å². The summed E-state index contributed by atoms with van der Waals surface area (Å²) in [5.41, 5.74) is 12.9. The van der Waals surface area contributed by atoms with Crippen molar-refractivity contribution in [2.75, 3.05) is 11.5 Å². The first-order valence-electron chi connectivity index (χ1n) is 5.73. The van der Waals surface area contributed by atoms with E-state index in [1.165, 1.54) is 24.3 Å². The quantitative estimate of drug-likeness (QED) is 0.665. The average molecular weight is 339 g/mol. The predicted molar refractivity (Wildman–Crippen MR) is 78.5 cm³/mol. The number of anilines is 2. The highest BCUT2D eigenvalue weighted by Crippen LogP contribution is 2.21. The van der Waals surface area contributed by atoms with Crippen LogP contribution in [0.25, 0.3) is 0 Å². The molecular formula is C14H12BrFN2O2. The molecule has 20 heavy (non-hydrogen) atoms. The fourth-order valence-corrected chi connectivity index (χ4v) is 2.09. The Morgan fingerprint density at radius 3 is 2.60 bits per heavy atom. The molecule has 2 rings (SSSR count). The summed E-state index contributed by atoms with van der Waals surface area (Å²) in [7, 11) is 0. The molecule has 0 unspecified atom stereocenters. The molecule has 0 atom stereocenters. The Balaban J connectivity index is 2.08. The summed E-state index contributed by atoms with van der Waals surface area (Å²) >= 11 is 3.20. The normalized spacial score (nSPS) is 10.3. The van der Waals surface area contributed by atoms with Crippen molar-refractivity contribution in [3.8, 4) is 0 Å². The van der Waals surface area contributed by atoms with E-state index in [2.05, 4.69) is 15.9 Å². The number of hydrogen-bond donors (Lipinski definition) is 2. The molecular weight excluding hydrogens is 327 g/mol. The average Bonchev–Trinajstić information content (AvgIpc) is 2.37. The molecule has 0 aliphatic rings. The molecule has 4 nitrogen and oxygen atoms in total. The van der Waals surface area contributed by atoms with E-state index in [4.69, 9.17) is 16.2 Å². The summed E-state index contributed by atoms with van der Waals surface area (Å²) in [4.78, 5) is 11.9. The molecule has 0 bridgehead atoms. The number of carbonyl (C=O) groups excluding carboxylic acids is 1. The van der Waals surface area contributed by atoms with Crippen LogP contribution in [0.3, 0.4) is 0 Å². The number of nitrogen functional groups attached to an aromatic ring is 2. The summed E-state index contributed by atoms with van der Waals surface area (Å²) < 4.78 is 18.6. The molecule has 2 aromatic carbocycles. The Hall–Kier alpha value is -2.08. The maximum Gasteiger partial charge on any atom is 0.340 e. The lowest BCUT2D eigenvalue weighted by atomic mass is 10.1. The fraction of sp³-hybridized carbons (Fsp3) is 0.0714. The van der Waals surface area contributed by atoms with Gasteiger partial charge in [0.1, 0.15) is 12.4 Å². The van der Waals surface area contributed by atoms with Gasteiger partial charge in [-0.15, -0.1) is 0 Å². The van der Waals surface area contributed by atoms with Crippen LogP contribution < -0.4 is 11.5 Å². The molecule has 0 aliphatic heterocycles. The maximum atomic E-state index is 12.9. The summed E-state index contributed by atoms with van der Waals surface area (Å²) in [6, 6.07) is 8.71. The van der Waals surface area contributed by atoms with Gasteiger partial charge in [0.15, 0.2) is 0 Å². The van der Waals surface area contributed by atoms with E-state index in [9.17, 15) is 9.18 Å². The van der Waals surface area contributed by atoms with Crippen LogP contribution in [0.1, 0.15) is 15.9 Å². The minimum absolute atomic E-state index is 0.0174. The minimum atomic E-state index is -0.557. The zero-order valence-corrected chi connectivity index (χ0v) is 12.0. The van der Waals surface area contributed by atoms with Crippen LogP contribution in [0.15, 0.2) is 40.9 Å². The van der Waals surface area contributed by atoms with Crippen molar-refractivity contribution < 1.29 is 13.9 Å². The minimum Gasteiger partial charge on any atom is -0.457 e. The highest BCUT2D eigenvalue weighted by atomic mass is 79.9. The van der Waals surface area contributed by atoms with E-state index >= 15 is 0 Å². The van der Waals surface area contributed by atoms with Gasteiger partial charge >= 0.3 is 5.97 Å². The van der Waals surface area contributed by atoms with Gasteiger partial charge in [-0.25, -0.2) is 9.18 Å². The zero-order valence-electron chi connectivity index (χ0n) is 10.4. The summed E-state index contributed by atoms with van der Waals surface area (Å²) in [6.45, 7) is 0.0174. The maximum absolute atomic E-state index is 12.9. The number of esters is 1. The molecule has 104 valence electrons. The van der Waals surface area contributed by atoms with E-state index in [0.29, 0.717) is 15.7 Å². The van der Waals surface area contributed by atoms with Crippen LogP contribution in [0.2, 0.25) is 0 Å². The van der Waals surface area contributed by atoms with Gasteiger partial charge in [-0.1, -0.05) is 22.0 Å². The first-order valence-corrected chi connectivity index (χ1v) is 6.52. The van der Waals surface area contributed by atoms with Crippen LogP contribution in [-0.4, -0.2) is 5.97 Å². The lowest BCUT2D eigenvalue weighted by molar-refractivity contribution is 0.0473. The number of nitrogens with two attached hydrogens (primary N) is 2. The molecule has 0 heterocycles. The molecule has 0 radical (unpaired) electrons. The van der Waals surface area contributed by atoms with Gasteiger partial charge in [0.2, 0.25) is 0 Å². The zero-order chi connectivity index (χ0) is 14.7. The van der Waals surface area contributed by atoms with Gasteiger partial charge in [0, 0.05) is 21.4 Å². The van der Waals surface area contributed by atoms with Gasteiger partial charge in [-0.05, 0) is 30.3 Å². The monoisotopic (exact) mass is 338 g/mol. The number of halogens is 2. The second-order valence-electron chi connectivity index (χ2n) is 4.16. The van der Waals surface area contributed by atoms with E-state index < -0.39 is 5.97 Å². The van der Waals surface area contributed by atoms with Crippen molar-refractivity contribution in [3.05, 3.63) is 57.8 Å². The van der Waals surface area contributed by atoms with Crippen molar-refractivity contribution in [2.45, 2.75) is 6.61 Å². The van der Waals surface area contributed by atoms with E-state index in [-0.39, 0.29) is 23.7 Å². The Kier molecular flexibility index (Phi) is 4.24. The highest BCUT2D eigenvalue weighted by molar-refractivity contribution is 9.10. The molecule has 0 amide bonds. The first-order chi connectivity index (χ1) is 9.47. The molecule has 6 heteroatoms. The van der Waals surface area contributed by atoms with Gasteiger partial charge < -0.3 is 16.2 Å². The Bertz CT molecular complexity index is 662. The molecule has 0 saturated carbocycles. The topological polar surface area (TPSA) is 78.3 Å². The largest absolute Gasteiger partial charge is 0.457 e. The summed E-state index contributed by atoms with van der Waals surface area (Å²) in [5.74, 6) is -0.923. The molecule has 0 saturated heterocycles. The lowest BCUT2D eigenvalue weighted by Gasteiger charge is -2.09. The number of carbonyl (C=O) groups is 1. The summed E-state index contributed by atoms with van der Waals surface area (Å²) in [5, 5.41) is 0. The fourth-order valence-electron chi connectivity index (χ4n) is 1.63. The molecule has 0 aliphatic carbocycles. The van der Waals surface area contributed by atoms with Gasteiger partial charge in [-0.2, -0.15) is 0 Å². The number of benzene rings is 2. The highest BCUT2D eigenvalue weighted by Gasteiger charge is 2.12. The third-order valence-electron chi connectivity index (χ3n) is 2.67. The van der Waals surface area contributed by atoms with E-state index in [1.807, 2.05) is 0 Å². The van der Waals surface area contributed by atoms with Crippen LogP contribution in [0.5, 0.6) is 0 Å². The SMILES string of the molecule is Nc1ccc(C(=O)OCc2ccc(F)cc2Br)c(N)c1. The first kappa shape index (κ1) is 14.3. The van der Waals surface area contributed by atoms with Gasteiger partial charge in [0.25, 0.3) is 0 Å². The molecule has 0 spiro atoms. The predicted octanol–water partition coefficient (Wildman–Crippen LogP) is 3.11. The Morgan fingerprint density at radius 2 is 1.95 bits per heavy atom. The molecule has 0 aromatic heterocycles. The van der Waals surface area contributed by atoms with Crippen molar-refractivity contribution in [2.24, 2.45) is 0 Å². The van der Waals surface area contributed by atoms with Gasteiger partial charge in [-0.3, -0.25) is 0 Å². The molecule has 0 fully saturated rings. The standard InChI is InChI=1S/C14H12BrFN2O2/c15-12-5-9(16)2-1-8(12)7-20-14(19)11-4-3-10(17)6-13(11)18/h1-6H,7,17-18H2. The van der Waals surface area contributed by atoms with Crippen molar-refractivity contribution in [1.82, 2.24) is 0 Å². The number of rotatable bonds is 3. The second-order valence-corrected chi connectivity index (χ2v) is 5.01. The smallest absolute Gasteiger partial charge is 0.340 e. The molecule has 2 aromatic rings. The lowest BCUT2D eigenvalue weighted by Crippen LogP contribution is -2.09. The van der Waals surface area contributed by atoms with Gasteiger partial charge in [0.05, 0.1) is 5.56 Å². The Morgan fingerprint density at radius 1 is 1.20 bits per heavy atom. The third kappa shape index (κ3) is 3.27. The summed E-state index contributed by atoms with van der Waals surface area (Å²) in [6.07, 6.45) is 0. The number of ether oxygens (including phenoxy) is 1. The van der Waals surface area contributed by atoms with Crippen LogP contribution >= 0.6 is 15.9 Å². The van der Waals surface area contributed by atoms with Crippen LogP contribution in [0, 0.1) is 5.82 Å². The Labute approximate surface area is 123 Å². The van der Waals surface area contributed by atoms with Crippen LogP contribution in [0.4, 0.5) is 15.8 Å². The number of hydrogen-bond acceptors (Lipinski definition) is 4. The van der Waals surface area contributed by atoms with Crippen molar-refractivity contribution >= 4 is 33.3 Å². The third-order valence-corrected chi connectivity index (χ3v) is 3.41. The molecule has 4 N–H and O–H groups in total. The van der Waals surface area contributed by atoms with Crippen LogP contribution in [-0.2, 0) is 11.3 Å². The second kappa shape index (κ2) is 5.92.